The zero-order valence-corrected chi connectivity index (χ0v) is 14.2. The van der Waals surface area contributed by atoms with Crippen LogP contribution in [0.2, 0.25) is 0 Å². The van der Waals surface area contributed by atoms with Crippen molar-refractivity contribution < 1.29 is 0 Å². The monoisotopic (exact) mass is 306 g/mol. The summed E-state index contributed by atoms with van der Waals surface area (Å²) in [5.74, 6) is 0. The molecule has 0 atom stereocenters. The van der Waals surface area contributed by atoms with Gasteiger partial charge in [-0.3, -0.25) is 0 Å². The minimum absolute atomic E-state index is 1.13. The number of rotatable bonds is 4. The molecule has 3 aromatic rings. The van der Waals surface area contributed by atoms with Gasteiger partial charge >= 0.3 is 133 Å². The van der Waals surface area contributed by atoms with E-state index in [9.17, 15) is 0 Å². The molecule has 0 N–H and O–H groups in total. The Labute approximate surface area is 133 Å². The summed E-state index contributed by atoms with van der Waals surface area (Å²) in [5.41, 5.74) is 0. The number of hydrogen-bond donors (Lipinski definition) is 0. The van der Waals surface area contributed by atoms with Gasteiger partial charge < -0.3 is 0 Å². The van der Waals surface area contributed by atoms with Crippen LogP contribution in [0.5, 0.6) is 0 Å². The van der Waals surface area contributed by atoms with Crippen LogP contribution in [-0.2, 0) is 0 Å². The van der Waals surface area contributed by atoms with Gasteiger partial charge in [0.2, 0.25) is 0 Å². The quantitative estimate of drug-likeness (QED) is 0.635. The Morgan fingerprint density at radius 1 is 0.545 bits per heavy atom. The molecule has 0 fully saturated rings. The third-order valence-corrected chi connectivity index (χ3v) is 11.8. The molecule has 22 heavy (non-hydrogen) atoms. The van der Waals surface area contributed by atoms with Crippen LogP contribution in [-0.4, -0.2) is 12.8 Å². The normalized spacial score (nSPS) is 13.3. The van der Waals surface area contributed by atoms with Crippen molar-refractivity contribution in [3.8, 4) is 0 Å². The standard InChI is InChI=1S/C21H23P/c1-3-22(2,19-13-7-4-8-14-19,20-15-9-5-10-16-20)21-17-11-6-12-18-21/h4-18H,3H2,1-2H3. The molecule has 0 amide bonds. The van der Waals surface area contributed by atoms with Crippen LogP contribution in [0.15, 0.2) is 91.0 Å². The van der Waals surface area contributed by atoms with Crippen LogP contribution < -0.4 is 15.9 Å². The van der Waals surface area contributed by atoms with Gasteiger partial charge in [0, 0.05) is 0 Å². The first kappa shape index (κ1) is 15.0. The second kappa shape index (κ2) is 5.71. The molecule has 1 heteroatoms. The van der Waals surface area contributed by atoms with E-state index in [0.29, 0.717) is 0 Å². The van der Waals surface area contributed by atoms with Crippen molar-refractivity contribution in [2.75, 3.05) is 12.8 Å². The summed E-state index contributed by atoms with van der Waals surface area (Å²) in [4.78, 5) is 0. The molecule has 0 unspecified atom stereocenters. The van der Waals surface area contributed by atoms with Crippen LogP contribution in [0.3, 0.4) is 0 Å². The van der Waals surface area contributed by atoms with E-state index >= 15 is 0 Å². The van der Waals surface area contributed by atoms with E-state index in [1.54, 1.807) is 0 Å². The van der Waals surface area contributed by atoms with Gasteiger partial charge in [0.15, 0.2) is 0 Å². The van der Waals surface area contributed by atoms with E-state index in [0.717, 1.165) is 6.16 Å². The maximum absolute atomic E-state index is 2.51. The average Bonchev–Trinajstić information content (AvgIpc) is 2.63. The van der Waals surface area contributed by atoms with E-state index < -0.39 is 6.60 Å². The van der Waals surface area contributed by atoms with Crippen molar-refractivity contribution in [1.29, 1.82) is 0 Å². The minimum atomic E-state index is -2.40. The summed E-state index contributed by atoms with van der Waals surface area (Å²) in [6.07, 6.45) is 1.13. The molecule has 0 saturated heterocycles. The Morgan fingerprint density at radius 2 is 0.818 bits per heavy atom. The first-order chi connectivity index (χ1) is 10.7. The third-order valence-electron chi connectivity index (χ3n) is 5.16. The molecule has 0 aliphatic heterocycles. The SMILES string of the molecule is CCP(C)(c1ccccc1)(c1ccccc1)c1ccccc1. The summed E-state index contributed by atoms with van der Waals surface area (Å²) < 4.78 is 0. The van der Waals surface area contributed by atoms with Crippen molar-refractivity contribution in [2.24, 2.45) is 0 Å². The van der Waals surface area contributed by atoms with Gasteiger partial charge in [-0.2, -0.15) is 0 Å². The third kappa shape index (κ3) is 2.11. The second-order valence-corrected chi connectivity index (χ2v) is 11.9. The average molecular weight is 306 g/mol. The van der Waals surface area contributed by atoms with Crippen LogP contribution in [0, 0.1) is 0 Å². The van der Waals surface area contributed by atoms with Gasteiger partial charge in [-0.05, 0) is 0 Å². The van der Waals surface area contributed by atoms with Crippen molar-refractivity contribution in [2.45, 2.75) is 6.92 Å². The molecular formula is C21H23P. The number of benzene rings is 3. The molecule has 0 aliphatic rings. The molecule has 0 spiro atoms. The molecule has 0 radical (unpaired) electrons. The van der Waals surface area contributed by atoms with E-state index in [2.05, 4.69) is 105 Å². The molecule has 0 saturated carbocycles. The van der Waals surface area contributed by atoms with E-state index in [1.165, 1.54) is 15.9 Å². The van der Waals surface area contributed by atoms with E-state index in [-0.39, 0.29) is 0 Å². The Bertz CT molecular complexity index is 633. The fourth-order valence-electron chi connectivity index (χ4n) is 3.49. The summed E-state index contributed by atoms with van der Waals surface area (Å²) in [6, 6.07) is 33.2. The molecule has 0 heterocycles. The molecule has 0 aromatic heterocycles. The molecule has 0 bridgehead atoms. The fraction of sp³-hybridized carbons (Fsp3) is 0.143. The van der Waals surface area contributed by atoms with Gasteiger partial charge in [-0.1, -0.05) is 0 Å². The Hall–Kier alpha value is -1.91. The zero-order chi connectivity index (χ0) is 15.5. The first-order valence-corrected chi connectivity index (χ1v) is 10.7. The predicted octanol–water partition coefficient (Wildman–Crippen LogP) is 4.17. The zero-order valence-electron chi connectivity index (χ0n) is 13.3. The summed E-state index contributed by atoms with van der Waals surface area (Å²) in [6.45, 7) is 2.44. The van der Waals surface area contributed by atoms with Crippen LogP contribution in [0.1, 0.15) is 6.92 Å². The van der Waals surface area contributed by atoms with E-state index in [1.807, 2.05) is 0 Å². The van der Waals surface area contributed by atoms with Gasteiger partial charge in [0.05, 0.1) is 0 Å². The van der Waals surface area contributed by atoms with Crippen LogP contribution in [0.4, 0.5) is 0 Å². The van der Waals surface area contributed by atoms with Gasteiger partial charge in [0.25, 0.3) is 0 Å². The molecule has 0 nitrogen and oxygen atoms in total. The van der Waals surface area contributed by atoms with Crippen LogP contribution >= 0.6 is 6.60 Å². The summed E-state index contributed by atoms with van der Waals surface area (Å²) in [5, 5.41) is 4.40. The Kier molecular flexibility index (Phi) is 3.89. The number of hydrogen-bond acceptors (Lipinski definition) is 0. The molecule has 3 aromatic carbocycles. The molecular weight excluding hydrogens is 283 g/mol. The van der Waals surface area contributed by atoms with Crippen molar-refractivity contribution in [3.63, 3.8) is 0 Å². The molecule has 3 rings (SSSR count). The maximum atomic E-state index is 2.51. The topological polar surface area (TPSA) is 0 Å². The van der Waals surface area contributed by atoms with Crippen molar-refractivity contribution >= 4 is 22.5 Å². The summed E-state index contributed by atoms with van der Waals surface area (Å²) >= 11 is 0. The predicted molar refractivity (Wildman–Crippen MR) is 102 cm³/mol. The van der Waals surface area contributed by atoms with Gasteiger partial charge in [0.1, 0.15) is 0 Å². The van der Waals surface area contributed by atoms with Crippen LogP contribution in [0.25, 0.3) is 0 Å². The molecule has 112 valence electrons. The van der Waals surface area contributed by atoms with Crippen molar-refractivity contribution in [1.82, 2.24) is 0 Å². The van der Waals surface area contributed by atoms with E-state index in [4.69, 9.17) is 0 Å². The Balaban J connectivity index is 2.41. The first-order valence-electron chi connectivity index (χ1n) is 7.87. The Morgan fingerprint density at radius 3 is 1.05 bits per heavy atom. The van der Waals surface area contributed by atoms with Gasteiger partial charge in [-0.15, -0.1) is 0 Å². The fourth-order valence-corrected chi connectivity index (χ4v) is 8.42. The van der Waals surface area contributed by atoms with Crippen molar-refractivity contribution in [3.05, 3.63) is 91.0 Å². The molecule has 0 aliphatic carbocycles. The summed E-state index contributed by atoms with van der Waals surface area (Å²) in [7, 11) is 0. The van der Waals surface area contributed by atoms with Gasteiger partial charge in [-0.25, -0.2) is 0 Å². The second-order valence-electron chi connectivity index (χ2n) is 6.12.